The van der Waals surface area contributed by atoms with Crippen LogP contribution in [-0.4, -0.2) is 32.9 Å². The molecule has 1 amide bonds. The van der Waals surface area contributed by atoms with Gasteiger partial charge in [0, 0.05) is 18.6 Å². The Labute approximate surface area is 148 Å². The van der Waals surface area contributed by atoms with Crippen molar-refractivity contribution in [3.63, 3.8) is 0 Å². The molecule has 1 N–H and O–H groups in total. The zero-order valence-electron chi connectivity index (χ0n) is 13.1. The number of ether oxygens (including phenoxy) is 1. The van der Waals surface area contributed by atoms with Crippen LogP contribution in [0.1, 0.15) is 17.3 Å². The van der Waals surface area contributed by atoms with Gasteiger partial charge in [0.15, 0.2) is 6.10 Å². The van der Waals surface area contributed by atoms with E-state index < -0.39 is 18.0 Å². The third-order valence-electron chi connectivity index (χ3n) is 3.34. The van der Waals surface area contributed by atoms with E-state index in [0.29, 0.717) is 21.9 Å². The van der Waals surface area contributed by atoms with E-state index >= 15 is 0 Å². The molecule has 3 rings (SSSR count). The van der Waals surface area contributed by atoms with E-state index in [2.05, 4.69) is 20.3 Å². The average Bonchev–Trinajstić information content (AvgIpc) is 2.63. The predicted octanol–water partition coefficient (Wildman–Crippen LogP) is 2.86. The molecule has 0 saturated heterocycles. The van der Waals surface area contributed by atoms with Crippen LogP contribution in [-0.2, 0) is 9.53 Å². The number of carbonyl (C=O) groups is 2. The third kappa shape index (κ3) is 4.07. The van der Waals surface area contributed by atoms with E-state index in [1.807, 2.05) is 0 Å². The number of esters is 1. The van der Waals surface area contributed by atoms with E-state index in [-0.39, 0.29) is 5.56 Å². The van der Waals surface area contributed by atoms with E-state index in [0.717, 1.165) is 0 Å². The molecule has 0 aliphatic heterocycles. The van der Waals surface area contributed by atoms with Crippen molar-refractivity contribution in [2.75, 3.05) is 5.32 Å². The van der Waals surface area contributed by atoms with Crippen LogP contribution in [0, 0.1) is 0 Å². The summed E-state index contributed by atoms with van der Waals surface area (Å²) in [6.07, 6.45) is 3.51. The molecule has 0 spiro atoms. The standard InChI is InChI=1S/C17H13ClN4O3/c1-10(16(23)22-15-5-3-12(18)9-21-15)25-17(24)11-2-4-13-14(8-11)20-7-6-19-13/h2-10H,1H3,(H,21,22,23)/t10-/m1/s1. The fourth-order valence-electron chi connectivity index (χ4n) is 2.05. The number of amides is 1. The number of benzene rings is 1. The number of aromatic nitrogens is 3. The first kappa shape index (κ1) is 16.8. The van der Waals surface area contributed by atoms with Gasteiger partial charge in [-0.25, -0.2) is 9.78 Å². The molecule has 0 aliphatic carbocycles. The molecule has 0 radical (unpaired) electrons. The minimum Gasteiger partial charge on any atom is -0.449 e. The molecule has 2 aromatic heterocycles. The Morgan fingerprint density at radius 1 is 1.08 bits per heavy atom. The van der Waals surface area contributed by atoms with Crippen molar-refractivity contribution in [2.45, 2.75) is 13.0 Å². The lowest BCUT2D eigenvalue weighted by Gasteiger charge is -2.13. The summed E-state index contributed by atoms with van der Waals surface area (Å²) >= 11 is 5.73. The van der Waals surface area contributed by atoms with Gasteiger partial charge >= 0.3 is 5.97 Å². The summed E-state index contributed by atoms with van der Waals surface area (Å²) in [6.45, 7) is 1.48. The van der Waals surface area contributed by atoms with E-state index in [4.69, 9.17) is 16.3 Å². The van der Waals surface area contributed by atoms with Crippen LogP contribution < -0.4 is 5.32 Å². The topological polar surface area (TPSA) is 94.1 Å². The molecule has 0 saturated carbocycles. The SMILES string of the molecule is C[C@@H](OC(=O)c1ccc2nccnc2c1)C(=O)Nc1ccc(Cl)cn1. The largest absolute Gasteiger partial charge is 0.449 e. The number of halogens is 1. The number of nitrogens with one attached hydrogen (secondary N) is 1. The summed E-state index contributed by atoms with van der Waals surface area (Å²) < 4.78 is 5.19. The number of carbonyl (C=O) groups excluding carboxylic acids is 2. The summed E-state index contributed by atoms with van der Waals surface area (Å²) in [6, 6.07) is 7.95. The Balaban J connectivity index is 1.66. The maximum Gasteiger partial charge on any atom is 0.338 e. The predicted molar refractivity (Wildman–Crippen MR) is 92.3 cm³/mol. The number of pyridine rings is 1. The first-order valence-corrected chi connectivity index (χ1v) is 7.75. The quantitative estimate of drug-likeness (QED) is 0.722. The Morgan fingerprint density at radius 3 is 2.56 bits per heavy atom. The number of rotatable bonds is 4. The number of anilines is 1. The minimum absolute atomic E-state index is 0.289. The van der Waals surface area contributed by atoms with Gasteiger partial charge in [0.25, 0.3) is 5.91 Å². The van der Waals surface area contributed by atoms with Gasteiger partial charge < -0.3 is 10.1 Å². The first-order valence-electron chi connectivity index (χ1n) is 7.37. The highest BCUT2D eigenvalue weighted by Gasteiger charge is 2.19. The number of fused-ring (bicyclic) bond motifs is 1. The molecule has 1 atom stereocenters. The number of nitrogens with zero attached hydrogens (tertiary/aromatic N) is 3. The van der Waals surface area contributed by atoms with Crippen molar-refractivity contribution in [3.05, 3.63) is 59.5 Å². The van der Waals surface area contributed by atoms with Gasteiger partial charge in [0.05, 0.1) is 21.6 Å². The molecule has 8 heteroatoms. The lowest BCUT2D eigenvalue weighted by Crippen LogP contribution is -2.30. The molecular weight excluding hydrogens is 344 g/mol. The average molecular weight is 357 g/mol. The summed E-state index contributed by atoms with van der Waals surface area (Å²) in [5.41, 5.74) is 1.52. The second-order valence-electron chi connectivity index (χ2n) is 5.16. The number of hydrogen-bond acceptors (Lipinski definition) is 6. The van der Waals surface area contributed by atoms with Crippen LogP contribution in [0.2, 0.25) is 5.02 Å². The van der Waals surface area contributed by atoms with Gasteiger partial charge in [-0.05, 0) is 37.3 Å². The smallest absolute Gasteiger partial charge is 0.338 e. The monoisotopic (exact) mass is 356 g/mol. The molecule has 0 unspecified atom stereocenters. The second kappa shape index (κ2) is 7.23. The van der Waals surface area contributed by atoms with Gasteiger partial charge in [-0.1, -0.05) is 11.6 Å². The normalized spacial score (nSPS) is 11.8. The summed E-state index contributed by atoms with van der Waals surface area (Å²) in [7, 11) is 0. The Bertz CT molecular complexity index is 931. The van der Waals surface area contributed by atoms with Crippen molar-refractivity contribution in [1.29, 1.82) is 0 Å². The fourth-order valence-corrected chi connectivity index (χ4v) is 2.16. The van der Waals surface area contributed by atoms with Gasteiger partial charge in [-0.15, -0.1) is 0 Å². The summed E-state index contributed by atoms with van der Waals surface area (Å²) in [5.74, 6) is -0.804. The van der Waals surface area contributed by atoms with Gasteiger partial charge in [-0.2, -0.15) is 0 Å². The lowest BCUT2D eigenvalue weighted by molar-refractivity contribution is -0.123. The molecule has 0 bridgehead atoms. The van der Waals surface area contributed by atoms with Crippen LogP contribution in [0.15, 0.2) is 48.9 Å². The van der Waals surface area contributed by atoms with Gasteiger partial charge in [0.2, 0.25) is 0 Å². The lowest BCUT2D eigenvalue weighted by atomic mass is 10.2. The maximum atomic E-state index is 12.2. The maximum absolute atomic E-state index is 12.2. The van der Waals surface area contributed by atoms with Crippen molar-refractivity contribution < 1.29 is 14.3 Å². The number of hydrogen-bond donors (Lipinski definition) is 1. The van der Waals surface area contributed by atoms with Crippen molar-refractivity contribution >= 4 is 40.3 Å². The van der Waals surface area contributed by atoms with Crippen LogP contribution in [0.25, 0.3) is 11.0 Å². The summed E-state index contributed by atoms with van der Waals surface area (Å²) in [4.78, 5) is 36.5. The molecule has 1 aromatic carbocycles. The minimum atomic E-state index is -0.998. The summed E-state index contributed by atoms with van der Waals surface area (Å²) in [5, 5.41) is 3.00. The first-order chi connectivity index (χ1) is 12.0. The van der Waals surface area contributed by atoms with Crippen LogP contribution >= 0.6 is 11.6 Å². The molecule has 3 aromatic rings. The second-order valence-corrected chi connectivity index (χ2v) is 5.59. The van der Waals surface area contributed by atoms with Crippen molar-refractivity contribution in [3.8, 4) is 0 Å². The van der Waals surface area contributed by atoms with E-state index in [1.54, 1.807) is 36.5 Å². The third-order valence-corrected chi connectivity index (χ3v) is 3.56. The Hall–Kier alpha value is -3.06. The van der Waals surface area contributed by atoms with Crippen molar-refractivity contribution in [2.24, 2.45) is 0 Å². The molecule has 0 fully saturated rings. The van der Waals surface area contributed by atoms with E-state index in [1.165, 1.54) is 19.3 Å². The molecular formula is C17H13ClN4O3. The zero-order chi connectivity index (χ0) is 17.8. The zero-order valence-corrected chi connectivity index (χ0v) is 13.9. The Morgan fingerprint density at radius 2 is 1.84 bits per heavy atom. The molecule has 25 heavy (non-hydrogen) atoms. The fraction of sp³-hybridized carbons (Fsp3) is 0.118. The molecule has 0 aliphatic rings. The van der Waals surface area contributed by atoms with Crippen LogP contribution in [0.4, 0.5) is 5.82 Å². The van der Waals surface area contributed by atoms with Gasteiger partial charge in [-0.3, -0.25) is 14.8 Å². The highest BCUT2D eigenvalue weighted by molar-refractivity contribution is 6.30. The van der Waals surface area contributed by atoms with E-state index in [9.17, 15) is 9.59 Å². The van der Waals surface area contributed by atoms with Crippen molar-refractivity contribution in [1.82, 2.24) is 15.0 Å². The van der Waals surface area contributed by atoms with Crippen LogP contribution in [0.5, 0.6) is 0 Å². The molecule has 7 nitrogen and oxygen atoms in total. The Kier molecular flexibility index (Phi) is 4.85. The highest BCUT2D eigenvalue weighted by atomic mass is 35.5. The van der Waals surface area contributed by atoms with Crippen LogP contribution in [0.3, 0.4) is 0 Å². The highest BCUT2D eigenvalue weighted by Crippen LogP contribution is 2.14. The van der Waals surface area contributed by atoms with Gasteiger partial charge in [0.1, 0.15) is 5.82 Å². The molecule has 126 valence electrons. The molecule has 2 heterocycles.